The lowest BCUT2D eigenvalue weighted by Crippen LogP contribution is -2.00. The Balaban J connectivity index is 2.09. The summed E-state index contributed by atoms with van der Waals surface area (Å²) in [6.45, 7) is 6.57. The predicted octanol–water partition coefficient (Wildman–Crippen LogP) is 4.02. The molecule has 0 saturated heterocycles. The molecule has 0 fully saturated rings. The summed E-state index contributed by atoms with van der Waals surface area (Å²) in [6, 6.07) is 12.4. The fourth-order valence-electron chi connectivity index (χ4n) is 1.76. The van der Waals surface area contributed by atoms with Crippen LogP contribution >= 0.6 is 0 Å². The maximum atomic E-state index is 5.41. The first kappa shape index (κ1) is 11.9. The summed E-state index contributed by atoms with van der Waals surface area (Å²) in [5, 5.41) is 4.14. The zero-order valence-corrected chi connectivity index (χ0v) is 10.7. The van der Waals surface area contributed by atoms with Crippen LogP contribution in [0.15, 0.2) is 40.9 Å². The second-order valence-corrected chi connectivity index (χ2v) is 4.92. The Morgan fingerprint density at radius 3 is 2.47 bits per heavy atom. The minimum atomic E-state index is 0.423. The summed E-state index contributed by atoms with van der Waals surface area (Å²) in [5.41, 5.74) is 2.28. The molecule has 0 N–H and O–H groups in total. The van der Waals surface area contributed by atoms with Crippen LogP contribution < -0.4 is 0 Å². The van der Waals surface area contributed by atoms with Gasteiger partial charge in [-0.3, -0.25) is 0 Å². The molecule has 0 spiro atoms. The van der Waals surface area contributed by atoms with Crippen LogP contribution in [0.2, 0.25) is 0 Å². The van der Waals surface area contributed by atoms with Gasteiger partial charge in [0.2, 0.25) is 0 Å². The minimum Gasteiger partial charge on any atom is -0.361 e. The van der Waals surface area contributed by atoms with Gasteiger partial charge in [0.25, 0.3) is 0 Å². The molecule has 0 aliphatic carbocycles. The van der Waals surface area contributed by atoms with Crippen molar-refractivity contribution in [1.29, 1.82) is 0 Å². The van der Waals surface area contributed by atoms with Crippen LogP contribution in [-0.2, 0) is 6.42 Å². The maximum absolute atomic E-state index is 5.41. The van der Waals surface area contributed by atoms with Crippen LogP contribution in [0.4, 0.5) is 0 Å². The molecule has 2 rings (SSSR count). The van der Waals surface area contributed by atoms with Crippen molar-refractivity contribution in [1.82, 2.24) is 5.16 Å². The van der Waals surface area contributed by atoms with Gasteiger partial charge in [0.15, 0.2) is 0 Å². The van der Waals surface area contributed by atoms with Crippen molar-refractivity contribution in [2.75, 3.05) is 0 Å². The molecule has 0 radical (unpaired) electrons. The highest BCUT2D eigenvalue weighted by molar-refractivity contribution is 5.22. The maximum Gasteiger partial charge on any atom is 0.140 e. The van der Waals surface area contributed by atoms with Crippen LogP contribution in [0.3, 0.4) is 0 Å². The zero-order valence-electron chi connectivity index (χ0n) is 10.7. The van der Waals surface area contributed by atoms with Crippen molar-refractivity contribution >= 4 is 0 Å². The normalized spacial score (nSPS) is 12.9. The van der Waals surface area contributed by atoms with E-state index in [0.29, 0.717) is 11.8 Å². The molecule has 1 heterocycles. The van der Waals surface area contributed by atoms with Crippen molar-refractivity contribution in [2.45, 2.75) is 33.1 Å². The molecular formula is C15H19NO. The van der Waals surface area contributed by atoms with Crippen LogP contribution in [0.1, 0.15) is 43.7 Å². The van der Waals surface area contributed by atoms with Gasteiger partial charge in [-0.1, -0.05) is 56.3 Å². The van der Waals surface area contributed by atoms with E-state index in [-0.39, 0.29) is 0 Å². The molecule has 0 amide bonds. The fraction of sp³-hybridized carbons (Fsp3) is 0.400. The minimum absolute atomic E-state index is 0.423. The van der Waals surface area contributed by atoms with Crippen LogP contribution in [-0.4, -0.2) is 5.16 Å². The Morgan fingerprint density at radius 1 is 1.12 bits per heavy atom. The number of hydrogen-bond acceptors (Lipinski definition) is 2. The molecule has 0 aliphatic heterocycles. The van der Waals surface area contributed by atoms with E-state index in [1.165, 1.54) is 5.56 Å². The Morgan fingerprint density at radius 2 is 1.82 bits per heavy atom. The topological polar surface area (TPSA) is 26.0 Å². The standard InChI is InChI=1S/C15H19NO/c1-11(2)12(3)15-10-14(16-17-15)9-13-7-5-4-6-8-13/h4-8,10-12H,9H2,1-3H3. The van der Waals surface area contributed by atoms with E-state index in [2.05, 4.69) is 44.1 Å². The van der Waals surface area contributed by atoms with Crippen molar-refractivity contribution in [3.8, 4) is 0 Å². The van der Waals surface area contributed by atoms with Gasteiger partial charge in [0, 0.05) is 18.4 Å². The van der Waals surface area contributed by atoms with Gasteiger partial charge in [-0.05, 0) is 11.5 Å². The molecule has 1 atom stereocenters. The zero-order chi connectivity index (χ0) is 12.3. The average molecular weight is 229 g/mol. The summed E-state index contributed by atoms with van der Waals surface area (Å²) < 4.78 is 5.41. The average Bonchev–Trinajstić information content (AvgIpc) is 2.77. The molecule has 0 aliphatic rings. The molecule has 1 aromatic carbocycles. The number of aromatic nitrogens is 1. The molecule has 2 aromatic rings. The van der Waals surface area contributed by atoms with Gasteiger partial charge in [-0.2, -0.15) is 0 Å². The van der Waals surface area contributed by atoms with Crippen molar-refractivity contribution in [3.05, 3.63) is 53.4 Å². The predicted molar refractivity (Wildman–Crippen MR) is 69.0 cm³/mol. The lowest BCUT2D eigenvalue weighted by Gasteiger charge is -2.10. The smallest absolute Gasteiger partial charge is 0.140 e. The molecule has 0 saturated carbocycles. The second-order valence-electron chi connectivity index (χ2n) is 4.92. The van der Waals surface area contributed by atoms with E-state index < -0.39 is 0 Å². The third-order valence-electron chi connectivity index (χ3n) is 3.25. The number of benzene rings is 1. The van der Waals surface area contributed by atoms with Crippen LogP contribution in [0.25, 0.3) is 0 Å². The Bertz CT molecular complexity index is 459. The largest absolute Gasteiger partial charge is 0.361 e. The van der Waals surface area contributed by atoms with E-state index in [4.69, 9.17) is 4.52 Å². The van der Waals surface area contributed by atoms with Crippen LogP contribution in [0, 0.1) is 5.92 Å². The van der Waals surface area contributed by atoms with Gasteiger partial charge in [-0.15, -0.1) is 0 Å². The summed E-state index contributed by atoms with van der Waals surface area (Å²) in [4.78, 5) is 0. The van der Waals surface area contributed by atoms with Gasteiger partial charge in [0.05, 0.1) is 5.69 Å². The van der Waals surface area contributed by atoms with Crippen LogP contribution in [0.5, 0.6) is 0 Å². The van der Waals surface area contributed by atoms with E-state index >= 15 is 0 Å². The summed E-state index contributed by atoms with van der Waals surface area (Å²) >= 11 is 0. The molecule has 2 heteroatoms. The Hall–Kier alpha value is -1.57. The third-order valence-corrected chi connectivity index (χ3v) is 3.25. The van der Waals surface area contributed by atoms with E-state index in [9.17, 15) is 0 Å². The first-order valence-corrected chi connectivity index (χ1v) is 6.16. The molecule has 1 unspecified atom stereocenters. The van der Waals surface area contributed by atoms with E-state index in [1.54, 1.807) is 0 Å². The van der Waals surface area contributed by atoms with Gasteiger partial charge in [-0.25, -0.2) is 0 Å². The monoisotopic (exact) mass is 229 g/mol. The fourth-order valence-corrected chi connectivity index (χ4v) is 1.76. The first-order valence-electron chi connectivity index (χ1n) is 6.16. The lowest BCUT2D eigenvalue weighted by atomic mass is 9.95. The molecular weight excluding hydrogens is 210 g/mol. The first-order chi connectivity index (χ1) is 8.16. The van der Waals surface area contributed by atoms with Gasteiger partial charge >= 0.3 is 0 Å². The summed E-state index contributed by atoms with van der Waals surface area (Å²) in [5.74, 6) is 1.99. The number of hydrogen-bond donors (Lipinski definition) is 0. The van der Waals surface area contributed by atoms with Crippen molar-refractivity contribution < 1.29 is 4.52 Å². The van der Waals surface area contributed by atoms with Gasteiger partial charge < -0.3 is 4.52 Å². The molecule has 1 aromatic heterocycles. The second kappa shape index (κ2) is 5.17. The Labute approximate surface area is 103 Å². The number of rotatable bonds is 4. The summed E-state index contributed by atoms with van der Waals surface area (Å²) in [7, 11) is 0. The Kier molecular flexibility index (Phi) is 3.62. The lowest BCUT2D eigenvalue weighted by molar-refractivity contribution is 0.336. The van der Waals surface area contributed by atoms with Crippen molar-refractivity contribution in [2.24, 2.45) is 5.92 Å². The van der Waals surface area contributed by atoms with Crippen molar-refractivity contribution in [3.63, 3.8) is 0 Å². The van der Waals surface area contributed by atoms with E-state index in [1.807, 2.05) is 18.2 Å². The number of nitrogens with zero attached hydrogens (tertiary/aromatic N) is 1. The third kappa shape index (κ3) is 2.96. The quantitative estimate of drug-likeness (QED) is 0.791. The highest BCUT2D eigenvalue weighted by atomic mass is 16.5. The highest BCUT2D eigenvalue weighted by Gasteiger charge is 2.15. The molecule has 17 heavy (non-hydrogen) atoms. The summed E-state index contributed by atoms with van der Waals surface area (Å²) in [6.07, 6.45) is 0.842. The van der Waals surface area contributed by atoms with Gasteiger partial charge in [0.1, 0.15) is 5.76 Å². The molecule has 2 nitrogen and oxygen atoms in total. The SMILES string of the molecule is CC(C)C(C)c1cc(Cc2ccccc2)no1. The molecule has 90 valence electrons. The highest BCUT2D eigenvalue weighted by Crippen LogP contribution is 2.24. The molecule has 0 bridgehead atoms. The van der Waals surface area contributed by atoms with E-state index in [0.717, 1.165) is 17.9 Å².